The van der Waals surface area contributed by atoms with E-state index in [1.165, 1.54) is 0 Å². The average Bonchev–Trinajstić information content (AvgIpc) is 2.85. The van der Waals surface area contributed by atoms with Crippen LogP contribution in [0.5, 0.6) is 0 Å². The molecule has 1 rings (SSSR count). The molecule has 0 aromatic heterocycles. The Bertz CT molecular complexity index is 639. The number of benzene rings is 1. The Morgan fingerprint density at radius 3 is 1.06 bits per heavy atom. The van der Waals surface area contributed by atoms with Crippen molar-refractivity contribution in [2.75, 3.05) is 39.6 Å². The Labute approximate surface area is 221 Å². The second-order valence-corrected chi connectivity index (χ2v) is 13.4. The lowest BCUT2D eigenvalue weighted by molar-refractivity contribution is 0.0702. The first-order chi connectivity index (χ1) is 17.5. The van der Waals surface area contributed by atoms with Gasteiger partial charge in [0.25, 0.3) is 0 Å². The predicted molar refractivity (Wildman–Crippen MR) is 152 cm³/mol. The van der Waals surface area contributed by atoms with Crippen molar-refractivity contribution < 1.29 is 26.6 Å². The van der Waals surface area contributed by atoms with E-state index >= 15 is 0 Å². The van der Waals surface area contributed by atoms with Gasteiger partial charge in [-0.15, -0.1) is 0 Å². The Morgan fingerprint density at radius 1 is 0.528 bits per heavy atom. The number of hydrogen-bond acceptors (Lipinski definition) is 8. The van der Waals surface area contributed by atoms with E-state index in [1.54, 1.807) is 0 Å². The van der Waals surface area contributed by atoms with Gasteiger partial charge in [0.05, 0.1) is 11.4 Å². The van der Waals surface area contributed by atoms with E-state index in [9.17, 15) is 0 Å². The zero-order valence-electron chi connectivity index (χ0n) is 23.3. The lowest BCUT2D eigenvalue weighted by Gasteiger charge is -2.28. The molecule has 0 saturated heterocycles. The molecular weight excluding hydrogens is 492 g/mol. The summed E-state index contributed by atoms with van der Waals surface area (Å²) in [5.41, 5.74) is 1.83. The fourth-order valence-corrected chi connectivity index (χ4v) is 9.07. The maximum Gasteiger partial charge on any atom is 0.500 e. The number of rotatable bonds is 22. The molecule has 0 heterocycles. The smallest absolute Gasteiger partial charge is 0.374 e. The van der Waals surface area contributed by atoms with Crippen molar-refractivity contribution >= 4 is 41.4 Å². The van der Waals surface area contributed by atoms with Gasteiger partial charge in [0.15, 0.2) is 0 Å². The molecule has 0 bridgehead atoms. The molecule has 206 valence electrons. The first-order valence-electron chi connectivity index (χ1n) is 13.5. The molecular formula is C26H48N2O6Si2. The molecule has 0 saturated carbocycles. The van der Waals surface area contributed by atoms with E-state index in [-0.39, 0.29) is 0 Å². The topological polar surface area (TPSA) is 80.1 Å². The Balaban J connectivity index is 2.49. The fraction of sp³-hybridized carbons (Fsp3) is 0.692. The van der Waals surface area contributed by atoms with E-state index in [1.807, 2.05) is 78.2 Å². The standard InChI is InChI=1S/C26H48N2O6Si2/c1-7-29-35(30-8-2,31-9-3)23-15-13-21-27-25-17-19-26(20-18-25)28-22-14-16-24-36(32-10-4,33-11-5)34-12-6/h17-22H,7-16,23-24H2,1-6H3. The number of nitrogens with zero attached hydrogens (tertiary/aromatic N) is 2. The van der Waals surface area contributed by atoms with Crippen LogP contribution >= 0.6 is 0 Å². The second kappa shape index (κ2) is 19.8. The molecule has 1 aromatic carbocycles. The number of hydrogen-bond donors (Lipinski definition) is 0. The Kier molecular flexibility index (Phi) is 18.0. The summed E-state index contributed by atoms with van der Waals surface area (Å²) in [5.74, 6) is 0. The average molecular weight is 541 g/mol. The van der Waals surface area contributed by atoms with E-state index in [4.69, 9.17) is 26.6 Å². The maximum atomic E-state index is 5.90. The summed E-state index contributed by atoms with van der Waals surface area (Å²) in [5, 5.41) is 0. The van der Waals surface area contributed by atoms with Crippen molar-refractivity contribution in [3.8, 4) is 0 Å². The monoisotopic (exact) mass is 540 g/mol. The van der Waals surface area contributed by atoms with Gasteiger partial charge in [0.2, 0.25) is 0 Å². The summed E-state index contributed by atoms with van der Waals surface area (Å²) in [6.45, 7) is 15.5. The summed E-state index contributed by atoms with van der Waals surface area (Å²) >= 11 is 0. The molecule has 0 aliphatic rings. The van der Waals surface area contributed by atoms with Crippen LogP contribution in [-0.4, -0.2) is 69.7 Å². The molecule has 1 aromatic rings. The summed E-state index contributed by atoms with van der Waals surface area (Å²) in [6, 6.07) is 9.54. The second-order valence-electron chi connectivity index (χ2n) is 7.89. The van der Waals surface area contributed by atoms with Gasteiger partial charge in [-0.1, -0.05) is 0 Å². The molecule has 0 unspecified atom stereocenters. The van der Waals surface area contributed by atoms with Crippen LogP contribution in [0.4, 0.5) is 11.4 Å². The zero-order chi connectivity index (χ0) is 26.5. The molecule has 0 fully saturated rings. The van der Waals surface area contributed by atoms with Crippen LogP contribution in [0, 0.1) is 0 Å². The predicted octanol–water partition coefficient (Wildman–Crippen LogP) is 6.75. The molecule has 0 atom stereocenters. The third-order valence-corrected chi connectivity index (χ3v) is 11.5. The van der Waals surface area contributed by atoms with E-state index < -0.39 is 17.6 Å². The molecule has 10 heteroatoms. The van der Waals surface area contributed by atoms with Crippen molar-refractivity contribution in [3.63, 3.8) is 0 Å². The minimum atomic E-state index is -2.57. The summed E-state index contributed by atoms with van der Waals surface area (Å²) in [7, 11) is -5.14. The van der Waals surface area contributed by atoms with E-state index in [0.717, 1.165) is 49.1 Å². The van der Waals surface area contributed by atoms with Crippen LogP contribution in [0.1, 0.15) is 67.2 Å². The van der Waals surface area contributed by atoms with Crippen LogP contribution in [0.25, 0.3) is 0 Å². The highest BCUT2D eigenvalue weighted by Gasteiger charge is 2.40. The lowest BCUT2D eigenvalue weighted by Crippen LogP contribution is -2.45. The van der Waals surface area contributed by atoms with Gasteiger partial charge in [-0.3, -0.25) is 9.98 Å². The van der Waals surface area contributed by atoms with Crippen LogP contribution < -0.4 is 0 Å². The highest BCUT2D eigenvalue weighted by Crippen LogP contribution is 2.22. The summed E-state index contributed by atoms with van der Waals surface area (Å²) in [4.78, 5) is 9.15. The molecule has 0 radical (unpaired) electrons. The zero-order valence-corrected chi connectivity index (χ0v) is 25.3. The van der Waals surface area contributed by atoms with E-state index in [2.05, 4.69) is 9.98 Å². The third-order valence-electron chi connectivity index (χ3n) is 5.15. The molecule has 0 N–H and O–H groups in total. The minimum absolute atomic E-state index is 0.603. The van der Waals surface area contributed by atoms with Crippen molar-refractivity contribution in [1.82, 2.24) is 0 Å². The van der Waals surface area contributed by atoms with E-state index in [0.29, 0.717) is 39.6 Å². The van der Waals surface area contributed by atoms with Gasteiger partial charge in [0, 0.05) is 64.2 Å². The normalized spacial score (nSPS) is 12.8. The molecule has 0 aliphatic heterocycles. The Morgan fingerprint density at radius 2 is 0.806 bits per heavy atom. The quantitative estimate of drug-likeness (QED) is 0.0919. The maximum absolute atomic E-state index is 5.90. The largest absolute Gasteiger partial charge is 0.500 e. The third kappa shape index (κ3) is 12.8. The van der Waals surface area contributed by atoms with Gasteiger partial charge in [-0.2, -0.15) is 0 Å². The fourth-order valence-electron chi connectivity index (χ4n) is 3.79. The van der Waals surface area contributed by atoms with Crippen LogP contribution in [0.2, 0.25) is 12.1 Å². The van der Waals surface area contributed by atoms with Crippen LogP contribution in [0.3, 0.4) is 0 Å². The molecule has 0 spiro atoms. The van der Waals surface area contributed by atoms with Crippen molar-refractivity contribution in [2.24, 2.45) is 9.98 Å². The molecule has 0 amide bonds. The summed E-state index contributed by atoms with van der Waals surface area (Å²) in [6.07, 6.45) is 7.42. The summed E-state index contributed by atoms with van der Waals surface area (Å²) < 4.78 is 35.4. The Hall–Kier alpha value is -1.25. The number of aliphatic imine (C=N–C) groups is 2. The molecule has 0 aliphatic carbocycles. The highest BCUT2D eigenvalue weighted by atomic mass is 28.4. The SMILES string of the molecule is CCO[Si](CCCC=Nc1ccc(N=CCCC[Si](OCC)(OCC)OCC)cc1)(OCC)OCC. The van der Waals surface area contributed by atoms with Crippen molar-refractivity contribution in [2.45, 2.75) is 79.3 Å². The number of unbranched alkanes of at least 4 members (excludes halogenated alkanes) is 2. The highest BCUT2D eigenvalue weighted by molar-refractivity contribution is 6.61. The van der Waals surface area contributed by atoms with Gasteiger partial charge in [-0.05, 0) is 91.5 Å². The van der Waals surface area contributed by atoms with Gasteiger partial charge in [0.1, 0.15) is 0 Å². The van der Waals surface area contributed by atoms with Crippen molar-refractivity contribution in [1.29, 1.82) is 0 Å². The molecule has 8 nitrogen and oxygen atoms in total. The van der Waals surface area contributed by atoms with Gasteiger partial charge in [-0.25, -0.2) is 0 Å². The van der Waals surface area contributed by atoms with Gasteiger partial charge < -0.3 is 26.6 Å². The van der Waals surface area contributed by atoms with Crippen LogP contribution in [0.15, 0.2) is 34.3 Å². The van der Waals surface area contributed by atoms with Gasteiger partial charge >= 0.3 is 17.6 Å². The first kappa shape index (κ1) is 32.8. The lowest BCUT2D eigenvalue weighted by atomic mass is 10.3. The minimum Gasteiger partial charge on any atom is -0.374 e. The first-order valence-corrected chi connectivity index (χ1v) is 17.4. The molecule has 36 heavy (non-hydrogen) atoms. The van der Waals surface area contributed by atoms with Crippen molar-refractivity contribution in [3.05, 3.63) is 24.3 Å². The van der Waals surface area contributed by atoms with Crippen LogP contribution in [-0.2, 0) is 26.6 Å².